The topological polar surface area (TPSA) is 96.5 Å². The normalized spacial score (nSPS) is 18.1. The first-order valence-corrected chi connectivity index (χ1v) is 12.9. The van der Waals surface area contributed by atoms with E-state index in [0.717, 1.165) is 40.0 Å². The highest BCUT2D eigenvalue weighted by atomic mass is 32.1. The summed E-state index contributed by atoms with van der Waals surface area (Å²) in [7, 11) is 0. The molecule has 190 valence electrons. The zero-order valence-corrected chi connectivity index (χ0v) is 22.2. The molecule has 1 aliphatic rings. The van der Waals surface area contributed by atoms with Gasteiger partial charge in [-0.25, -0.2) is 9.78 Å². The molecule has 0 aliphatic carbocycles. The Hall–Kier alpha value is -3.46. The first-order chi connectivity index (χ1) is 17.0. The van der Waals surface area contributed by atoms with E-state index in [0.29, 0.717) is 23.8 Å². The predicted octanol–water partition coefficient (Wildman–Crippen LogP) is 5.72. The Kier molecular flexibility index (Phi) is 7.31. The molecule has 36 heavy (non-hydrogen) atoms. The molecule has 2 atom stereocenters. The predicted molar refractivity (Wildman–Crippen MR) is 146 cm³/mol. The molecule has 0 aromatic carbocycles. The lowest BCUT2D eigenvalue weighted by molar-refractivity contribution is 0.0495. The van der Waals surface area contributed by atoms with Crippen LogP contribution in [0.25, 0.3) is 15.8 Å². The van der Waals surface area contributed by atoms with Crippen LogP contribution in [0.5, 0.6) is 0 Å². The maximum absolute atomic E-state index is 13.2. The van der Waals surface area contributed by atoms with Gasteiger partial charge in [0.25, 0.3) is 5.91 Å². The highest BCUT2D eigenvalue weighted by Gasteiger charge is 2.29. The first-order valence-electron chi connectivity index (χ1n) is 12.0. The van der Waals surface area contributed by atoms with Crippen LogP contribution < -0.4 is 15.5 Å². The van der Waals surface area contributed by atoms with Gasteiger partial charge in [-0.2, -0.15) is 0 Å². The summed E-state index contributed by atoms with van der Waals surface area (Å²) < 4.78 is 6.45. The molecule has 0 spiro atoms. The average molecular weight is 508 g/mol. The number of piperidine rings is 1. The Labute approximate surface area is 215 Å². The molecule has 2 amide bonds. The van der Waals surface area contributed by atoms with Crippen LogP contribution in [0.4, 0.5) is 16.2 Å². The molecule has 0 bridgehead atoms. The van der Waals surface area contributed by atoms with Crippen molar-refractivity contribution in [3.05, 3.63) is 53.8 Å². The maximum atomic E-state index is 13.2. The fourth-order valence-electron chi connectivity index (χ4n) is 4.41. The number of alkyl carbamates (subject to hydrolysis) is 1. The van der Waals surface area contributed by atoms with Gasteiger partial charge in [-0.05, 0) is 63.8 Å². The zero-order valence-electron chi connectivity index (χ0n) is 21.4. The minimum Gasteiger partial charge on any atom is -0.444 e. The van der Waals surface area contributed by atoms with Crippen LogP contribution in [0.15, 0.2) is 42.6 Å². The van der Waals surface area contributed by atoms with E-state index in [-0.39, 0.29) is 11.9 Å². The number of carbonyl (C=O) groups excluding carboxylic acids is 2. The Balaban J connectivity index is 1.52. The third kappa shape index (κ3) is 6.02. The zero-order chi connectivity index (χ0) is 26.0. The fourth-order valence-corrected chi connectivity index (χ4v) is 5.39. The molecule has 9 heteroatoms. The van der Waals surface area contributed by atoms with Crippen molar-refractivity contribution in [3.63, 3.8) is 0 Å². The highest BCUT2D eigenvalue weighted by Crippen LogP contribution is 2.31. The molecule has 1 saturated heterocycles. The summed E-state index contributed by atoms with van der Waals surface area (Å²) in [4.78, 5) is 36.6. The Bertz CT molecular complexity index is 1300. The van der Waals surface area contributed by atoms with Crippen LogP contribution in [0.2, 0.25) is 0 Å². The lowest BCUT2D eigenvalue weighted by Gasteiger charge is -2.39. The van der Waals surface area contributed by atoms with Gasteiger partial charge in [-0.15, -0.1) is 11.3 Å². The van der Waals surface area contributed by atoms with Gasteiger partial charge in [0.15, 0.2) is 0 Å². The number of fused-ring (bicyclic) bond motifs is 1. The summed E-state index contributed by atoms with van der Waals surface area (Å²) in [5.74, 6) is 0.0251. The number of rotatable bonds is 5. The second-order valence-corrected chi connectivity index (χ2v) is 11.3. The van der Waals surface area contributed by atoms with Crippen LogP contribution in [-0.2, 0) is 4.74 Å². The number of allylic oxidation sites excluding steroid dienone is 1. The largest absolute Gasteiger partial charge is 0.444 e. The van der Waals surface area contributed by atoms with Crippen molar-refractivity contribution in [2.75, 3.05) is 23.3 Å². The minimum atomic E-state index is -0.558. The molecular formula is C27H33N5O3S. The number of nitrogens with one attached hydrogen (secondary N) is 2. The van der Waals surface area contributed by atoms with E-state index in [1.807, 2.05) is 45.2 Å². The molecule has 2 N–H and O–H groups in total. The van der Waals surface area contributed by atoms with Gasteiger partial charge in [0.2, 0.25) is 0 Å². The van der Waals surface area contributed by atoms with E-state index in [9.17, 15) is 9.59 Å². The minimum absolute atomic E-state index is 0.0801. The van der Waals surface area contributed by atoms with E-state index in [2.05, 4.69) is 39.0 Å². The number of nitrogens with zero attached hydrogens (tertiary/aromatic N) is 3. The monoisotopic (exact) mass is 507 g/mol. The molecule has 3 aromatic heterocycles. The van der Waals surface area contributed by atoms with Gasteiger partial charge in [0.05, 0.1) is 27.8 Å². The molecule has 0 radical (unpaired) electrons. The smallest absolute Gasteiger partial charge is 0.407 e. The molecule has 4 rings (SSSR count). The number of anilines is 2. The van der Waals surface area contributed by atoms with E-state index < -0.39 is 11.7 Å². The second kappa shape index (κ2) is 10.3. The van der Waals surface area contributed by atoms with Crippen LogP contribution in [-0.4, -0.2) is 46.7 Å². The van der Waals surface area contributed by atoms with Crippen LogP contribution in [0, 0.1) is 5.92 Å². The van der Waals surface area contributed by atoms with Gasteiger partial charge in [-0.1, -0.05) is 13.5 Å². The van der Waals surface area contributed by atoms with Crippen molar-refractivity contribution in [3.8, 4) is 0 Å². The number of amides is 2. The van der Waals surface area contributed by atoms with Crippen molar-refractivity contribution in [2.24, 2.45) is 5.92 Å². The Morgan fingerprint density at radius 3 is 2.72 bits per heavy atom. The molecule has 1 fully saturated rings. The van der Waals surface area contributed by atoms with Gasteiger partial charge in [0, 0.05) is 36.3 Å². The average Bonchev–Trinajstić information content (AvgIpc) is 3.21. The SMILES string of the molecule is C=C(C)c1csc2ccc(C(=O)Nc3cnccc3N3C[C@H](C)C[C@H](NC(=O)OC(C)(C)C)C3)nc12. The van der Waals surface area contributed by atoms with Gasteiger partial charge >= 0.3 is 6.09 Å². The quantitative estimate of drug-likeness (QED) is 0.459. The van der Waals surface area contributed by atoms with Crippen LogP contribution in [0.1, 0.15) is 57.1 Å². The molecule has 0 unspecified atom stereocenters. The number of hydrogen-bond acceptors (Lipinski definition) is 7. The Morgan fingerprint density at radius 1 is 1.22 bits per heavy atom. The van der Waals surface area contributed by atoms with Crippen molar-refractivity contribution in [2.45, 2.75) is 52.7 Å². The van der Waals surface area contributed by atoms with Crippen molar-refractivity contribution in [1.29, 1.82) is 0 Å². The van der Waals surface area contributed by atoms with E-state index in [4.69, 9.17) is 4.74 Å². The molecule has 1 aliphatic heterocycles. The van der Waals surface area contributed by atoms with Crippen molar-refractivity contribution < 1.29 is 14.3 Å². The standard InChI is InChI=1S/C27H33N5O3S/c1-16(2)19-15-36-23-8-7-20(30-24(19)23)25(33)31-21-12-28-10-9-22(21)32-13-17(3)11-18(14-32)29-26(34)35-27(4,5)6/h7-10,12,15,17-18H,1,11,13-14H2,2-6H3,(H,29,34)(H,31,33)/t17-,18+/m1/s1. The summed E-state index contributed by atoms with van der Waals surface area (Å²) in [6.45, 7) is 15.0. The lowest BCUT2D eigenvalue weighted by atomic mass is 9.95. The summed E-state index contributed by atoms with van der Waals surface area (Å²) in [5.41, 5.74) is 3.87. The number of aromatic nitrogens is 2. The molecule has 3 aromatic rings. The van der Waals surface area contributed by atoms with Crippen molar-refractivity contribution >= 4 is 50.5 Å². The Morgan fingerprint density at radius 2 is 2.00 bits per heavy atom. The maximum Gasteiger partial charge on any atom is 0.407 e. The number of ether oxygens (including phenoxy) is 1. The molecule has 4 heterocycles. The molecule has 0 saturated carbocycles. The number of hydrogen-bond donors (Lipinski definition) is 2. The summed E-state index contributed by atoms with van der Waals surface area (Å²) in [6.07, 6.45) is 3.77. The lowest BCUT2D eigenvalue weighted by Crippen LogP contribution is -2.51. The summed E-state index contributed by atoms with van der Waals surface area (Å²) >= 11 is 1.58. The first kappa shape index (κ1) is 25.6. The van der Waals surface area contributed by atoms with E-state index in [1.54, 1.807) is 29.8 Å². The molecule has 8 nitrogen and oxygen atoms in total. The highest BCUT2D eigenvalue weighted by molar-refractivity contribution is 7.17. The van der Waals surface area contributed by atoms with E-state index in [1.165, 1.54) is 0 Å². The van der Waals surface area contributed by atoms with Gasteiger partial charge in [-0.3, -0.25) is 9.78 Å². The van der Waals surface area contributed by atoms with Crippen LogP contribution in [0.3, 0.4) is 0 Å². The number of carbonyl (C=O) groups is 2. The number of thiophene rings is 1. The van der Waals surface area contributed by atoms with E-state index >= 15 is 0 Å². The van der Waals surface area contributed by atoms with Gasteiger partial charge in [0.1, 0.15) is 11.3 Å². The molecular weight excluding hydrogens is 474 g/mol. The third-order valence-electron chi connectivity index (χ3n) is 5.88. The van der Waals surface area contributed by atoms with Crippen LogP contribution >= 0.6 is 11.3 Å². The third-order valence-corrected chi connectivity index (χ3v) is 6.81. The summed E-state index contributed by atoms with van der Waals surface area (Å²) in [5, 5.41) is 8.01. The summed E-state index contributed by atoms with van der Waals surface area (Å²) in [6, 6.07) is 5.45. The second-order valence-electron chi connectivity index (χ2n) is 10.4. The fraction of sp³-hybridized carbons (Fsp3) is 0.407. The van der Waals surface area contributed by atoms with Crippen molar-refractivity contribution in [1.82, 2.24) is 15.3 Å². The number of pyridine rings is 2. The van der Waals surface area contributed by atoms with Gasteiger partial charge < -0.3 is 20.3 Å².